The molecule has 5 aromatic rings. The van der Waals surface area contributed by atoms with Gasteiger partial charge in [0.25, 0.3) is 11.5 Å². The number of fused-ring (bicyclic) bond motifs is 2. The lowest BCUT2D eigenvalue weighted by molar-refractivity contribution is 0.0687. The first-order valence-electron chi connectivity index (χ1n) is 13.0. The Morgan fingerprint density at radius 3 is 2.58 bits per heavy atom. The Hall–Kier alpha value is -4.46. The summed E-state index contributed by atoms with van der Waals surface area (Å²) in [6, 6.07) is 19.3. The molecule has 0 spiro atoms. The number of hydrogen-bond donors (Lipinski definition) is 1. The topological polar surface area (TPSA) is 96.6 Å². The van der Waals surface area contributed by atoms with Gasteiger partial charge in [-0.2, -0.15) is 0 Å². The molecular formula is C30H29N5O3. The lowest BCUT2D eigenvalue weighted by Gasteiger charge is -2.32. The number of furan rings is 1. The van der Waals surface area contributed by atoms with E-state index in [2.05, 4.69) is 24.3 Å². The number of amides is 1. The van der Waals surface area contributed by atoms with Crippen molar-refractivity contribution >= 4 is 22.6 Å². The van der Waals surface area contributed by atoms with Gasteiger partial charge >= 0.3 is 0 Å². The molecule has 8 heteroatoms. The average Bonchev–Trinajstić information content (AvgIpc) is 3.45. The summed E-state index contributed by atoms with van der Waals surface area (Å²) in [5, 5.41) is 9.33. The molecule has 192 valence electrons. The summed E-state index contributed by atoms with van der Waals surface area (Å²) in [5.74, 6) is 0.903. The van der Waals surface area contributed by atoms with Gasteiger partial charge in [0.2, 0.25) is 0 Å². The number of hydrogen-bond acceptors (Lipinski definition) is 5. The number of pyridine rings is 2. The number of benzene rings is 1. The molecule has 0 bridgehead atoms. The van der Waals surface area contributed by atoms with Gasteiger partial charge in [0, 0.05) is 19.3 Å². The highest BCUT2D eigenvalue weighted by Gasteiger charge is 2.26. The van der Waals surface area contributed by atoms with Gasteiger partial charge in [0.1, 0.15) is 22.5 Å². The Morgan fingerprint density at radius 1 is 1.05 bits per heavy atom. The zero-order valence-corrected chi connectivity index (χ0v) is 21.3. The molecule has 0 radical (unpaired) electrons. The van der Waals surface area contributed by atoms with Crippen molar-refractivity contribution in [3.05, 3.63) is 111 Å². The molecule has 0 unspecified atom stereocenters. The number of aromatic nitrogens is 3. The Morgan fingerprint density at radius 2 is 1.84 bits per heavy atom. The largest absolute Gasteiger partial charge is 0.467 e. The van der Waals surface area contributed by atoms with E-state index < -0.39 is 0 Å². The molecule has 6 rings (SSSR count). The van der Waals surface area contributed by atoms with Crippen LogP contribution in [0.3, 0.4) is 0 Å². The molecule has 1 N–H and O–H groups in total. The molecule has 1 fully saturated rings. The van der Waals surface area contributed by atoms with Gasteiger partial charge in [0.15, 0.2) is 0 Å². The molecule has 1 amide bonds. The van der Waals surface area contributed by atoms with E-state index in [-0.39, 0.29) is 29.1 Å². The summed E-state index contributed by atoms with van der Waals surface area (Å²) in [7, 11) is 0. The maximum absolute atomic E-state index is 13.8. The van der Waals surface area contributed by atoms with Gasteiger partial charge in [-0.25, -0.2) is 4.98 Å². The van der Waals surface area contributed by atoms with Gasteiger partial charge in [-0.3, -0.25) is 19.4 Å². The number of carbonyl (C=O) groups is 1. The van der Waals surface area contributed by atoms with Crippen molar-refractivity contribution in [3.8, 4) is 0 Å². The van der Waals surface area contributed by atoms with Crippen LogP contribution in [-0.4, -0.2) is 37.8 Å². The second-order valence-electron chi connectivity index (χ2n) is 10.0. The van der Waals surface area contributed by atoms with E-state index in [1.807, 2.05) is 30.0 Å². The van der Waals surface area contributed by atoms with Crippen LogP contribution in [0.4, 0.5) is 0 Å². The van der Waals surface area contributed by atoms with Crippen LogP contribution in [0.1, 0.15) is 40.1 Å². The van der Waals surface area contributed by atoms with Crippen LogP contribution in [0.25, 0.3) is 16.7 Å². The number of nitrogens with one attached hydrogen (secondary N) is 1. The van der Waals surface area contributed by atoms with E-state index in [1.54, 1.807) is 35.2 Å². The summed E-state index contributed by atoms with van der Waals surface area (Å²) in [5.41, 5.74) is 3.02. The zero-order valence-electron chi connectivity index (χ0n) is 21.3. The molecule has 0 atom stereocenters. The van der Waals surface area contributed by atoms with Crippen molar-refractivity contribution in [2.24, 2.45) is 5.92 Å². The van der Waals surface area contributed by atoms with Gasteiger partial charge in [-0.1, -0.05) is 36.4 Å². The molecule has 0 saturated carbocycles. The van der Waals surface area contributed by atoms with Crippen molar-refractivity contribution in [2.45, 2.75) is 32.7 Å². The van der Waals surface area contributed by atoms with Gasteiger partial charge in [-0.15, -0.1) is 0 Å². The maximum atomic E-state index is 13.8. The van der Waals surface area contributed by atoms with E-state index >= 15 is 0 Å². The molecule has 1 aromatic carbocycles. The van der Waals surface area contributed by atoms with Crippen LogP contribution >= 0.6 is 0 Å². The highest BCUT2D eigenvalue weighted by atomic mass is 16.3. The summed E-state index contributed by atoms with van der Waals surface area (Å²) in [6.45, 7) is 3.34. The number of likely N-dealkylation sites (tertiary alicyclic amines) is 1. The van der Waals surface area contributed by atoms with Crippen LogP contribution in [0.2, 0.25) is 0 Å². The molecule has 4 aromatic heterocycles. The zero-order chi connectivity index (χ0) is 26.2. The average molecular weight is 508 g/mol. The third-order valence-electron chi connectivity index (χ3n) is 7.53. The lowest BCUT2D eigenvalue weighted by Crippen LogP contribution is -2.42. The number of aryl methyl sites for hydroxylation is 1. The van der Waals surface area contributed by atoms with Crippen molar-refractivity contribution in [2.75, 3.05) is 13.1 Å². The Kier molecular flexibility index (Phi) is 6.15. The molecular weight excluding hydrogens is 478 g/mol. The first-order chi connectivity index (χ1) is 18.5. The monoisotopic (exact) mass is 507 g/mol. The Balaban J connectivity index is 1.38. The van der Waals surface area contributed by atoms with Crippen LogP contribution in [0.15, 0.2) is 82.3 Å². The summed E-state index contributed by atoms with van der Waals surface area (Å²) >= 11 is 0. The second kappa shape index (κ2) is 9.78. The summed E-state index contributed by atoms with van der Waals surface area (Å²) < 4.78 is 8.66. The molecule has 1 saturated heterocycles. The minimum Gasteiger partial charge on any atom is -0.467 e. The number of nitrogens with zero attached hydrogens (tertiary/aromatic N) is 4. The fourth-order valence-electron chi connectivity index (χ4n) is 5.43. The third-order valence-corrected chi connectivity index (χ3v) is 7.53. The number of rotatable bonds is 5. The smallest absolute Gasteiger partial charge is 0.267 e. The van der Waals surface area contributed by atoms with Crippen LogP contribution in [-0.2, 0) is 13.0 Å². The van der Waals surface area contributed by atoms with E-state index in [0.717, 1.165) is 24.8 Å². The first-order valence-corrected chi connectivity index (χ1v) is 13.0. The van der Waals surface area contributed by atoms with Crippen molar-refractivity contribution < 1.29 is 9.21 Å². The standard InChI is InChI=1S/C30H29N5O3/c1-20-7-5-13-34-27(20)32-28-25(30(34)37)18-24(26(31)35(28)19-23-10-6-16-38-23)29(36)33-14-11-22(12-15-33)17-21-8-3-2-4-9-21/h2-10,13,16,18,22,31H,11-12,14-15,17,19H2,1H3. The van der Waals surface area contributed by atoms with E-state index in [4.69, 9.17) is 14.8 Å². The molecule has 8 nitrogen and oxygen atoms in total. The lowest BCUT2D eigenvalue weighted by atomic mass is 9.90. The first kappa shape index (κ1) is 23.9. The summed E-state index contributed by atoms with van der Waals surface area (Å²) in [4.78, 5) is 33.9. The Bertz CT molecular complexity index is 1740. The van der Waals surface area contributed by atoms with Gasteiger partial charge in [0.05, 0.1) is 23.8 Å². The fraction of sp³-hybridized carbons (Fsp3) is 0.267. The highest BCUT2D eigenvalue weighted by Crippen LogP contribution is 2.23. The molecule has 38 heavy (non-hydrogen) atoms. The maximum Gasteiger partial charge on any atom is 0.267 e. The van der Waals surface area contributed by atoms with Crippen molar-refractivity contribution in [3.63, 3.8) is 0 Å². The summed E-state index contributed by atoms with van der Waals surface area (Å²) in [6.07, 6.45) is 6.06. The predicted octanol–water partition coefficient (Wildman–Crippen LogP) is 4.17. The van der Waals surface area contributed by atoms with Crippen molar-refractivity contribution in [1.29, 1.82) is 5.41 Å². The molecule has 1 aliphatic heterocycles. The van der Waals surface area contributed by atoms with E-state index in [0.29, 0.717) is 41.4 Å². The van der Waals surface area contributed by atoms with E-state index in [9.17, 15) is 9.59 Å². The predicted molar refractivity (Wildman–Crippen MR) is 144 cm³/mol. The van der Waals surface area contributed by atoms with Gasteiger partial charge < -0.3 is 13.9 Å². The molecule has 1 aliphatic rings. The minimum absolute atomic E-state index is 0.0233. The SMILES string of the molecule is Cc1cccn2c(=O)c3cc(C(=O)N4CCC(Cc5ccccc5)CC4)c(=N)n(Cc4ccco4)c3nc12. The highest BCUT2D eigenvalue weighted by molar-refractivity contribution is 5.97. The molecule has 5 heterocycles. The third kappa shape index (κ3) is 4.32. The second-order valence-corrected chi connectivity index (χ2v) is 10.0. The van der Waals surface area contributed by atoms with Crippen LogP contribution < -0.4 is 11.0 Å². The van der Waals surface area contributed by atoms with Crippen molar-refractivity contribution in [1.82, 2.24) is 18.9 Å². The van der Waals surface area contributed by atoms with Crippen LogP contribution in [0.5, 0.6) is 0 Å². The van der Waals surface area contributed by atoms with Crippen LogP contribution in [0, 0.1) is 18.3 Å². The minimum atomic E-state index is -0.266. The number of carbonyl (C=O) groups excluding carboxylic acids is 1. The van der Waals surface area contributed by atoms with E-state index in [1.165, 1.54) is 9.96 Å². The molecule has 0 aliphatic carbocycles. The number of piperidine rings is 1. The normalized spacial score (nSPS) is 14.4. The van der Waals surface area contributed by atoms with Gasteiger partial charge in [-0.05, 0) is 67.5 Å². The Labute approximate surface area is 219 Å². The fourth-order valence-corrected chi connectivity index (χ4v) is 5.43. The quantitative estimate of drug-likeness (QED) is 0.361.